The van der Waals surface area contributed by atoms with Crippen molar-refractivity contribution in [3.8, 4) is 11.8 Å². The highest BCUT2D eigenvalue weighted by molar-refractivity contribution is 7.15. The molecule has 1 heterocycles. The maximum atomic E-state index is 11.6. The zero-order chi connectivity index (χ0) is 22.7. The number of thiazole rings is 1. The van der Waals surface area contributed by atoms with Crippen molar-refractivity contribution in [2.24, 2.45) is 22.4 Å². The molecule has 0 saturated heterocycles. The number of nitrogens with two attached hydrogens (primary N) is 2. The van der Waals surface area contributed by atoms with E-state index in [0.717, 1.165) is 17.0 Å². The van der Waals surface area contributed by atoms with Crippen LogP contribution >= 0.6 is 11.3 Å². The second kappa shape index (κ2) is 12.4. The Labute approximate surface area is 182 Å². The number of rotatable bonds is 9. The number of aromatic nitrogens is 1. The van der Waals surface area contributed by atoms with Crippen molar-refractivity contribution >= 4 is 34.2 Å². The first-order valence-electron chi connectivity index (χ1n) is 9.50. The van der Waals surface area contributed by atoms with Crippen molar-refractivity contribution in [1.82, 2.24) is 9.88 Å². The minimum Gasteiger partial charge on any atom is -0.370 e. The SMILES string of the molecule is CC#CC(/C=C\C(=C/C)N=C(N)N)CCc1nc(NC(C)=O)sc1CN(C)C(C)=O. The Balaban J connectivity index is 3.02. The fraction of sp³-hybridized carbons (Fsp3) is 0.429. The van der Waals surface area contributed by atoms with Gasteiger partial charge in [-0.05, 0) is 32.8 Å². The Bertz CT molecular complexity index is 900. The van der Waals surface area contributed by atoms with Gasteiger partial charge in [0.2, 0.25) is 11.8 Å². The van der Waals surface area contributed by atoms with Gasteiger partial charge in [0, 0.05) is 31.7 Å². The molecule has 1 atom stereocenters. The molecule has 0 fully saturated rings. The van der Waals surface area contributed by atoms with Gasteiger partial charge in [0.05, 0.1) is 17.9 Å². The van der Waals surface area contributed by atoms with E-state index in [0.29, 0.717) is 23.8 Å². The number of hydrogen-bond acceptors (Lipinski definition) is 5. The van der Waals surface area contributed by atoms with Gasteiger partial charge in [-0.1, -0.05) is 29.4 Å². The van der Waals surface area contributed by atoms with Gasteiger partial charge in [0.25, 0.3) is 0 Å². The number of anilines is 1. The molecule has 1 rings (SSSR count). The summed E-state index contributed by atoms with van der Waals surface area (Å²) >= 11 is 1.38. The van der Waals surface area contributed by atoms with Crippen molar-refractivity contribution in [2.75, 3.05) is 12.4 Å². The van der Waals surface area contributed by atoms with Crippen LogP contribution in [-0.2, 0) is 22.6 Å². The van der Waals surface area contributed by atoms with E-state index in [-0.39, 0.29) is 23.7 Å². The zero-order valence-corrected chi connectivity index (χ0v) is 19.0. The number of aryl methyl sites for hydroxylation is 1. The Hall–Kier alpha value is -3.12. The molecular weight excluding hydrogens is 400 g/mol. The zero-order valence-electron chi connectivity index (χ0n) is 18.2. The van der Waals surface area contributed by atoms with Crippen molar-refractivity contribution < 1.29 is 9.59 Å². The molecule has 2 amide bonds. The molecule has 30 heavy (non-hydrogen) atoms. The lowest BCUT2D eigenvalue weighted by Crippen LogP contribution is -2.23. The number of aliphatic imine (C=N–C) groups is 1. The maximum absolute atomic E-state index is 11.6. The van der Waals surface area contributed by atoms with Crippen LogP contribution in [0, 0.1) is 17.8 Å². The predicted octanol–water partition coefficient (Wildman–Crippen LogP) is 2.39. The third-order valence-electron chi connectivity index (χ3n) is 4.05. The average molecular weight is 431 g/mol. The average Bonchev–Trinajstić information content (AvgIpc) is 3.02. The van der Waals surface area contributed by atoms with Gasteiger partial charge in [0.1, 0.15) is 0 Å². The summed E-state index contributed by atoms with van der Waals surface area (Å²) in [6, 6.07) is 0. The normalized spacial score (nSPS) is 12.1. The summed E-state index contributed by atoms with van der Waals surface area (Å²) in [4.78, 5) is 34.2. The smallest absolute Gasteiger partial charge is 0.223 e. The lowest BCUT2D eigenvalue weighted by molar-refractivity contribution is -0.128. The monoisotopic (exact) mass is 430 g/mol. The Morgan fingerprint density at radius 3 is 2.60 bits per heavy atom. The van der Waals surface area contributed by atoms with E-state index in [1.165, 1.54) is 25.2 Å². The summed E-state index contributed by atoms with van der Waals surface area (Å²) in [5.74, 6) is 5.87. The molecule has 162 valence electrons. The van der Waals surface area contributed by atoms with E-state index >= 15 is 0 Å². The first kappa shape index (κ1) is 24.9. The summed E-state index contributed by atoms with van der Waals surface area (Å²) in [5.41, 5.74) is 12.4. The summed E-state index contributed by atoms with van der Waals surface area (Å²) in [7, 11) is 1.74. The van der Waals surface area contributed by atoms with Crippen molar-refractivity contribution in [3.05, 3.63) is 34.5 Å². The third-order valence-corrected chi connectivity index (χ3v) is 5.05. The molecule has 0 spiro atoms. The van der Waals surface area contributed by atoms with Crippen LogP contribution in [0.25, 0.3) is 0 Å². The number of allylic oxidation sites excluding steroid dienone is 3. The second-order valence-corrected chi connectivity index (χ2v) is 7.68. The van der Waals surface area contributed by atoms with Crippen molar-refractivity contribution in [2.45, 2.75) is 47.1 Å². The number of carbonyl (C=O) groups excluding carboxylic acids is 2. The van der Waals surface area contributed by atoms with Gasteiger partial charge in [-0.2, -0.15) is 0 Å². The number of nitrogens with one attached hydrogen (secondary N) is 1. The predicted molar refractivity (Wildman–Crippen MR) is 123 cm³/mol. The third kappa shape index (κ3) is 8.92. The van der Waals surface area contributed by atoms with Crippen molar-refractivity contribution in [3.63, 3.8) is 0 Å². The van der Waals surface area contributed by atoms with Gasteiger partial charge >= 0.3 is 0 Å². The highest BCUT2D eigenvalue weighted by atomic mass is 32.1. The first-order valence-corrected chi connectivity index (χ1v) is 10.3. The van der Waals surface area contributed by atoms with E-state index < -0.39 is 0 Å². The maximum Gasteiger partial charge on any atom is 0.223 e. The number of guanidine groups is 1. The summed E-state index contributed by atoms with van der Waals surface area (Å²) in [5, 5.41) is 3.25. The summed E-state index contributed by atoms with van der Waals surface area (Å²) < 4.78 is 0. The van der Waals surface area contributed by atoms with Crippen LogP contribution in [-0.4, -0.2) is 34.7 Å². The number of amides is 2. The second-order valence-electron chi connectivity index (χ2n) is 6.59. The fourth-order valence-corrected chi connectivity index (χ4v) is 3.60. The molecule has 9 heteroatoms. The molecule has 0 aliphatic heterocycles. The van der Waals surface area contributed by atoms with Gasteiger partial charge in [-0.25, -0.2) is 9.98 Å². The number of carbonyl (C=O) groups is 2. The molecule has 1 aromatic heterocycles. The number of nitrogens with zero attached hydrogens (tertiary/aromatic N) is 3. The summed E-state index contributed by atoms with van der Waals surface area (Å²) in [6.45, 7) is 7.04. The molecule has 8 nitrogen and oxygen atoms in total. The van der Waals surface area contributed by atoms with E-state index in [2.05, 4.69) is 27.1 Å². The summed E-state index contributed by atoms with van der Waals surface area (Å²) in [6.07, 6.45) is 6.97. The van der Waals surface area contributed by atoms with Crippen LogP contribution in [0.1, 0.15) is 44.7 Å². The van der Waals surface area contributed by atoms with Crippen LogP contribution in [0.15, 0.2) is 28.9 Å². The molecule has 1 aromatic rings. The van der Waals surface area contributed by atoms with Crippen LogP contribution in [0.2, 0.25) is 0 Å². The molecule has 0 bridgehead atoms. The van der Waals surface area contributed by atoms with E-state index in [4.69, 9.17) is 11.5 Å². The minimum absolute atomic E-state index is 0.00178. The number of hydrogen-bond donors (Lipinski definition) is 3. The fourth-order valence-electron chi connectivity index (χ4n) is 2.49. The Morgan fingerprint density at radius 2 is 2.07 bits per heavy atom. The van der Waals surface area contributed by atoms with Crippen molar-refractivity contribution in [1.29, 1.82) is 0 Å². The molecule has 0 aromatic carbocycles. The Kier molecular flexibility index (Phi) is 10.3. The Morgan fingerprint density at radius 1 is 1.37 bits per heavy atom. The molecule has 0 aliphatic rings. The quantitative estimate of drug-likeness (QED) is 0.240. The molecule has 1 unspecified atom stereocenters. The van der Waals surface area contributed by atoms with Gasteiger partial charge < -0.3 is 21.7 Å². The molecule has 0 saturated carbocycles. The lowest BCUT2D eigenvalue weighted by atomic mass is 10.0. The van der Waals surface area contributed by atoms with Gasteiger partial charge in [0.15, 0.2) is 11.1 Å². The van der Waals surface area contributed by atoms with E-state index in [9.17, 15) is 9.59 Å². The molecule has 0 radical (unpaired) electrons. The van der Waals surface area contributed by atoms with Gasteiger partial charge in [-0.15, -0.1) is 5.92 Å². The topological polar surface area (TPSA) is 127 Å². The van der Waals surface area contributed by atoms with E-state index in [1.54, 1.807) is 18.9 Å². The largest absolute Gasteiger partial charge is 0.370 e. The van der Waals surface area contributed by atoms with E-state index in [1.807, 2.05) is 25.2 Å². The molecule has 5 N–H and O–H groups in total. The minimum atomic E-state index is -0.182. The molecular formula is C21H30N6O2S. The van der Waals surface area contributed by atoms with Gasteiger partial charge in [-0.3, -0.25) is 9.59 Å². The van der Waals surface area contributed by atoms with Crippen LogP contribution in [0.5, 0.6) is 0 Å². The first-order chi connectivity index (χ1) is 14.2. The van der Waals surface area contributed by atoms with Crippen LogP contribution in [0.4, 0.5) is 5.13 Å². The van der Waals surface area contributed by atoms with Crippen LogP contribution < -0.4 is 16.8 Å². The highest BCUT2D eigenvalue weighted by Crippen LogP contribution is 2.26. The molecule has 0 aliphatic carbocycles. The van der Waals surface area contributed by atoms with Crippen LogP contribution in [0.3, 0.4) is 0 Å². The lowest BCUT2D eigenvalue weighted by Gasteiger charge is -2.14. The highest BCUT2D eigenvalue weighted by Gasteiger charge is 2.16. The standard InChI is InChI=1S/C21H30N6O2S/c1-6-8-16(9-11-17(7-2)25-20(22)23)10-12-18-19(13-27(5)15(4)29)30-21(26-18)24-14(3)28/h7,9,11,16H,10,12-13H2,1-5H3,(H4,22,23,25)(H,24,26,28)/b11-9-,17-7+.